The molecule has 0 saturated heterocycles. The van der Waals surface area contributed by atoms with Crippen LogP contribution in [-0.2, 0) is 9.59 Å². The maximum Gasteiger partial charge on any atom is 0.307 e. The van der Waals surface area contributed by atoms with Crippen LogP contribution in [0.2, 0.25) is 0 Å². The molecule has 0 radical (unpaired) electrons. The predicted octanol–water partition coefficient (Wildman–Crippen LogP) is 1.72. The Labute approximate surface area is 127 Å². The second kappa shape index (κ2) is 5.59. The van der Waals surface area contributed by atoms with Gasteiger partial charge in [-0.2, -0.15) is 0 Å². The van der Waals surface area contributed by atoms with Crippen LogP contribution in [0.1, 0.15) is 46.0 Å². The summed E-state index contributed by atoms with van der Waals surface area (Å²) in [6.45, 7) is 4.34. The first-order valence-corrected chi connectivity index (χ1v) is 7.90. The molecule has 2 saturated carbocycles. The zero-order chi connectivity index (χ0) is 15.8. The topological polar surface area (TPSA) is 69.6 Å². The van der Waals surface area contributed by atoms with E-state index in [0.29, 0.717) is 6.54 Å². The second-order valence-corrected chi connectivity index (χ2v) is 7.51. The minimum atomic E-state index is -0.861. The average molecular weight is 296 g/mol. The zero-order valence-electron chi connectivity index (χ0n) is 13.6. The highest BCUT2D eigenvalue weighted by atomic mass is 16.4. The third-order valence-electron chi connectivity index (χ3n) is 5.70. The molecule has 0 aliphatic heterocycles. The van der Waals surface area contributed by atoms with Gasteiger partial charge in [0.2, 0.25) is 5.91 Å². The highest BCUT2D eigenvalue weighted by Crippen LogP contribution is 2.58. The quantitative estimate of drug-likeness (QED) is 0.810. The molecular formula is C16H28N2O3. The number of carbonyl (C=O) groups is 2. The number of carboxylic acid groups (broad SMARTS) is 1. The lowest BCUT2D eigenvalue weighted by atomic mass is 9.80. The molecule has 2 aliphatic rings. The summed E-state index contributed by atoms with van der Waals surface area (Å²) in [6.07, 6.45) is 5.84. The molecule has 5 nitrogen and oxygen atoms in total. The lowest BCUT2D eigenvalue weighted by Gasteiger charge is -2.43. The Morgan fingerprint density at radius 2 is 1.71 bits per heavy atom. The van der Waals surface area contributed by atoms with Gasteiger partial charge in [0.25, 0.3) is 0 Å². The maximum absolute atomic E-state index is 12.4. The van der Waals surface area contributed by atoms with Crippen LogP contribution in [-0.4, -0.2) is 48.1 Å². The standard InChI is InChI=1S/C16H28N2O3/c1-15(2)11(12(15)14(20)21)13(19)17-10-16(18(3)4)8-6-5-7-9-16/h11-12H,5-10H2,1-4H3,(H,17,19)(H,20,21)/t11-,12-/m0/s1. The maximum atomic E-state index is 12.4. The fraction of sp³-hybridized carbons (Fsp3) is 0.875. The van der Waals surface area contributed by atoms with E-state index in [2.05, 4.69) is 24.3 Å². The van der Waals surface area contributed by atoms with Crippen molar-refractivity contribution in [2.45, 2.75) is 51.5 Å². The van der Waals surface area contributed by atoms with Crippen molar-refractivity contribution in [3.8, 4) is 0 Å². The van der Waals surface area contributed by atoms with Gasteiger partial charge in [-0.3, -0.25) is 9.59 Å². The van der Waals surface area contributed by atoms with Crippen molar-refractivity contribution in [2.75, 3.05) is 20.6 Å². The van der Waals surface area contributed by atoms with Gasteiger partial charge in [0.15, 0.2) is 0 Å². The van der Waals surface area contributed by atoms with Gasteiger partial charge in [-0.25, -0.2) is 0 Å². The van der Waals surface area contributed by atoms with E-state index >= 15 is 0 Å². The van der Waals surface area contributed by atoms with E-state index < -0.39 is 23.2 Å². The fourth-order valence-electron chi connectivity index (χ4n) is 3.94. The second-order valence-electron chi connectivity index (χ2n) is 7.51. The molecule has 0 aromatic rings. The van der Waals surface area contributed by atoms with Gasteiger partial charge in [0.1, 0.15) is 0 Å². The number of amides is 1. The third-order valence-corrected chi connectivity index (χ3v) is 5.70. The predicted molar refractivity (Wildman–Crippen MR) is 80.9 cm³/mol. The Bertz CT molecular complexity index is 425. The first-order chi connectivity index (χ1) is 9.72. The van der Waals surface area contributed by atoms with Crippen LogP contribution in [0.4, 0.5) is 0 Å². The molecule has 5 heteroatoms. The van der Waals surface area contributed by atoms with E-state index in [9.17, 15) is 14.7 Å². The molecule has 120 valence electrons. The van der Waals surface area contributed by atoms with Crippen LogP contribution in [0, 0.1) is 17.3 Å². The van der Waals surface area contributed by atoms with Gasteiger partial charge in [-0.1, -0.05) is 33.1 Å². The number of aliphatic carboxylic acids is 1. The molecule has 21 heavy (non-hydrogen) atoms. The van der Waals surface area contributed by atoms with Crippen molar-refractivity contribution >= 4 is 11.9 Å². The summed E-state index contributed by atoms with van der Waals surface area (Å²) >= 11 is 0. The number of carboxylic acids is 1. The van der Waals surface area contributed by atoms with Crippen molar-refractivity contribution in [1.29, 1.82) is 0 Å². The summed E-state index contributed by atoms with van der Waals surface area (Å²) in [5.41, 5.74) is -0.389. The summed E-state index contributed by atoms with van der Waals surface area (Å²) in [5, 5.41) is 12.2. The van der Waals surface area contributed by atoms with Crippen LogP contribution in [0.15, 0.2) is 0 Å². The Morgan fingerprint density at radius 3 is 2.14 bits per heavy atom. The lowest BCUT2D eigenvalue weighted by molar-refractivity contribution is -0.140. The van der Waals surface area contributed by atoms with Crippen LogP contribution in [0.25, 0.3) is 0 Å². The van der Waals surface area contributed by atoms with Crippen molar-refractivity contribution < 1.29 is 14.7 Å². The Hall–Kier alpha value is -1.10. The number of hydrogen-bond donors (Lipinski definition) is 2. The van der Waals surface area contributed by atoms with Gasteiger partial charge in [0.05, 0.1) is 11.8 Å². The van der Waals surface area contributed by atoms with Gasteiger partial charge < -0.3 is 15.3 Å². The average Bonchev–Trinajstić information content (AvgIpc) is 3.00. The minimum Gasteiger partial charge on any atom is -0.481 e. The number of carbonyl (C=O) groups excluding carboxylic acids is 1. The highest BCUT2D eigenvalue weighted by Gasteiger charge is 2.65. The normalized spacial score (nSPS) is 30.0. The lowest BCUT2D eigenvalue weighted by Crippen LogP contribution is -2.54. The van der Waals surface area contributed by atoms with E-state index in [1.54, 1.807) is 0 Å². The van der Waals surface area contributed by atoms with Gasteiger partial charge in [-0.15, -0.1) is 0 Å². The molecule has 1 amide bonds. The zero-order valence-corrected chi connectivity index (χ0v) is 13.6. The molecule has 0 aromatic carbocycles. The van der Waals surface area contributed by atoms with E-state index in [0.717, 1.165) is 12.8 Å². The van der Waals surface area contributed by atoms with Crippen LogP contribution >= 0.6 is 0 Å². The number of nitrogens with zero attached hydrogens (tertiary/aromatic N) is 1. The molecule has 0 heterocycles. The number of hydrogen-bond acceptors (Lipinski definition) is 3. The molecule has 0 spiro atoms. The summed E-state index contributed by atoms with van der Waals surface area (Å²) in [6, 6.07) is 0. The van der Waals surface area contributed by atoms with Crippen LogP contribution in [0.5, 0.6) is 0 Å². The molecule has 0 bridgehead atoms. The Balaban J connectivity index is 1.96. The van der Waals surface area contributed by atoms with Gasteiger partial charge in [0, 0.05) is 12.1 Å². The number of nitrogens with one attached hydrogen (secondary N) is 1. The first kappa shape index (κ1) is 16.3. The van der Waals surface area contributed by atoms with Gasteiger partial charge in [-0.05, 0) is 32.4 Å². The van der Waals surface area contributed by atoms with E-state index in [-0.39, 0.29) is 11.4 Å². The van der Waals surface area contributed by atoms with Crippen molar-refractivity contribution in [1.82, 2.24) is 10.2 Å². The Kier molecular flexibility index (Phi) is 4.34. The van der Waals surface area contributed by atoms with Crippen molar-refractivity contribution in [2.24, 2.45) is 17.3 Å². The van der Waals surface area contributed by atoms with Crippen molar-refractivity contribution in [3.63, 3.8) is 0 Å². The third kappa shape index (κ3) is 2.93. The highest BCUT2D eigenvalue weighted by molar-refractivity contribution is 5.91. The summed E-state index contributed by atoms with van der Waals surface area (Å²) in [4.78, 5) is 25.8. The molecular weight excluding hydrogens is 268 g/mol. The summed E-state index contributed by atoms with van der Waals surface area (Å²) in [5.74, 6) is -1.89. The van der Waals surface area contributed by atoms with E-state index in [1.807, 2.05) is 13.8 Å². The number of rotatable bonds is 5. The largest absolute Gasteiger partial charge is 0.481 e. The van der Waals surface area contributed by atoms with E-state index in [4.69, 9.17) is 0 Å². The van der Waals surface area contributed by atoms with Crippen molar-refractivity contribution in [3.05, 3.63) is 0 Å². The summed E-state index contributed by atoms with van der Waals surface area (Å²) in [7, 11) is 4.14. The molecule has 2 aliphatic carbocycles. The fourth-order valence-corrected chi connectivity index (χ4v) is 3.94. The molecule has 0 aromatic heterocycles. The summed E-state index contributed by atoms with van der Waals surface area (Å²) < 4.78 is 0. The monoisotopic (exact) mass is 296 g/mol. The van der Waals surface area contributed by atoms with E-state index in [1.165, 1.54) is 19.3 Å². The smallest absolute Gasteiger partial charge is 0.307 e. The SMILES string of the molecule is CN(C)C1(CNC(=O)[C@@H]2[C@@H](C(=O)O)C2(C)C)CCCCC1. The minimum absolute atomic E-state index is 0.0334. The Morgan fingerprint density at radius 1 is 1.14 bits per heavy atom. The molecule has 2 N–H and O–H groups in total. The number of likely N-dealkylation sites (N-methyl/N-ethyl adjacent to an activating group) is 1. The van der Waals surface area contributed by atoms with Gasteiger partial charge >= 0.3 is 5.97 Å². The molecule has 0 unspecified atom stereocenters. The molecule has 2 rings (SSSR count). The molecule has 2 fully saturated rings. The van der Waals surface area contributed by atoms with Crippen LogP contribution in [0.3, 0.4) is 0 Å². The van der Waals surface area contributed by atoms with Crippen LogP contribution < -0.4 is 5.32 Å². The first-order valence-electron chi connectivity index (χ1n) is 7.90. The molecule has 2 atom stereocenters.